The molecule has 17 heavy (non-hydrogen) atoms. The molecule has 1 unspecified atom stereocenters. The minimum atomic E-state index is -1.08. The zero-order chi connectivity index (χ0) is 12.8. The van der Waals surface area contributed by atoms with E-state index in [1.807, 2.05) is 0 Å². The monoisotopic (exact) mass is 239 g/mol. The quantitative estimate of drug-likeness (QED) is 0.777. The summed E-state index contributed by atoms with van der Waals surface area (Å²) in [6.45, 7) is 4.74. The summed E-state index contributed by atoms with van der Waals surface area (Å²) in [6.07, 6.45) is 2.70. The molecule has 0 aromatic carbocycles. The van der Waals surface area contributed by atoms with Crippen molar-refractivity contribution in [3.05, 3.63) is 18.1 Å². The minimum Gasteiger partial charge on any atom is -0.476 e. The standard InChI is InChI=1S/C11H17N3O3/c1-7(2)9(17-3)5-14-10-6-12-8(4-13-10)11(15)16/h4,6-7,9H,5H2,1-3H3,(H,13,14)(H,15,16). The largest absolute Gasteiger partial charge is 0.476 e. The lowest BCUT2D eigenvalue weighted by Crippen LogP contribution is -2.27. The average molecular weight is 239 g/mol. The first-order valence-electron chi connectivity index (χ1n) is 5.36. The summed E-state index contributed by atoms with van der Waals surface area (Å²) in [4.78, 5) is 18.3. The number of aromatic nitrogens is 2. The Labute approximate surface area is 100 Å². The van der Waals surface area contributed by atoms with E-state index in [1.54, 1.807) is 7.11 Å². The van der Waals surface area contributed by atoms with Crippen molar-refractivity contribution in [2.45, 2.75) is 20.0 Å². The van der Waals surface area contributed by atoms with Crippen molar-refractivity contribution < 1.29 is 14.6 Å². The smallest absolute Gasteiger partial charge is 0.356 e. The molecule has 0 aliphatic heterocycles. The van der Waals surface area contributed by atoms with Gasteiger partial charge in [0, 0.05) is 13.7 Å². The normalized spacial score (nSPS) is 12.5. The molecule has 1 aromatic rings. The van der Waals surface area contributed by atoms with Crippen LogP contribution in [0.1, 0.15) is 24.3 Å². The van der Waals surface area contributed by atoms with E-state index in [0.717, 1.165) is 0 Å². The first-order chi connectivity index (χ1) is 8.04. The predicted molar refractivity (Wildman–Crippen MR) is 63.1 cm³/mol. The number of carbonyl (C=O) groups is 1. The Morgan fingerprint density at radius 1 is 1.47 bits per heavy atom. The fourth-order valence-electron chi connectivity index (χ4n) is 1.33. The number of carboxylic acids is 1. The van der Waals surface area contributed by atoms with Gasteiger partial charge in [-0.25, -0.2) is 14.8 Å². The Morgan fingerprint density at radius 3 is 2.59 bits per heavy atom. The van der Waals surface area contributed by atoms with Crippen molar-refractivity contribution in [1.29, 1.82) is 0 Å². The van der Waals surface area contributed by atoms with E-state index in [0.29, 0.717) is 18.3 Å². The second-order valence-electron chi connectivity index (χ2n) is 3.99. The lowest BCUT2D eigenvalue weighted by Gasteiger charge is -2.19. The number of ether oxygens (including phenoxy) is 1. The van der Waals surface area contributed by atoms with Crippen LogP contribution in [0.2, 0.25) is 0 Å². The van der Waals surface area contributed by atoms with Crippen LogP contribution in [0.25, 0.3) is 0 Å². The van der Waals surface area contributed by atoms with E-state index in [9.17, 15) is 4.79 Å². The van der Waals surface area contributed by atoms with Crippen LogP contribution in [0.3, 0.4) is 0 Å². The highest BCUT2D eigenvalue weighted by Crippen LogP contribution is 2.07. The summed E-state index contributed by atoms with van der Waals surface area (Å²) < 4.78 is 5.29. The molecule has 2 N–H and O–H groups in total. The second kappa shape index (κ2) is 6.15. The summed E-state index contributed by atoms with van der Waals surface area (Å²) >= 11 is 0. The molecular weight excluding hydrogens is 222 g/mol. The van der Waals surface area contributed by atoms with E-state index < -0.39 is 5.97 Å². The molecule has 1 heterocycles. The highest BCUT2D eigenvalue weighted by molar-refractivity contribution is 5.84. The molecule has 1 atom stereocenters. The molecule has 0 aliphatic rings. The van der Waals surface area contributed by atoms with Gasteiger partial charge in [-0.1, -0.05) is 13.8 Å². The number of carboxylic acid groups (broad SMARTS) is 1. The topological polar surface area (TPSA) is 84.3 Å². The van der Waals surface area contributed by atoms with Crippen molar-refractivity contribution in [2.24, 2.45) is 5.92 Å². The molecule has 1 aromatic heterocycles. The Morgan fingerprint density at radius 2 is 2.18 bits per heavy atom. The number of hydrogen-bond acceptors (Lipinski definition) is 5. The zero-order valence-corrected chi connectivity index (χ0v) is 10.2. The van der Waals surface area contributed by atoms with Crippen LogP contribution < -0.4 is 5.32 Å². The van der Waals surface area contributed by atoms with Crippen molar-refractivity contribution >= 4 is 11.8 Å². The van der Waals surface area contributed by atoms with Gasteiger partial charge in [0.15, 0.2) is 5.69 Å². The predicted octanol–water partition coefficient (Wildman–Crippen LogP) is 1.26. The van der Waals surface area contributed by atoms with Gasteiger partial charge in [-0.2, -0.15) is 0 Å². The zero-order valence-electron chi connectivity index (χ0n) is 10.2. The van der Waals surface area contributed by atoms with E-state index in [-0.39, 0.29) is 11.8 Å². The number of anilines is 1. The highest BCUT2D eigenvalue weighted by atomic mass is 16.5. The Bertz CT molecular complexity index is 365. The molecule has 0 saturated heterocycles. The van der Waals surface area contributed by atoms with Gasteiger partial charge < -0.3 is 15.2 Å². The molecule has 1 rings (SSSR count). The first-order valence-corrected chi connectivity index (χ1v) is 5.36. The van der Waals surface area contributed by atoms with Gasteiger partial charge >= 0.3 is 5.97 Å². The number of methoxy groups -OCH3 is 1. The summed E-state index contributed by atoms with van der Waals surface area (Å²) in [5.74, 6) is -0.155. The van der Waals surface area contributed by atoms with Gasteiger partial charge in [0.2, 0.25) is 0 Å². The van der Waals surface area contributed by atoms with Gasteiger partial charge in [0.05, 0.1) is 18.5 Å². The lowest BCUT2D eigenvalue weighted by molar-refractivity contribution is 0.0689. The van der Waals surface area contributed by atoms with Crippen molar-refractivity contribution in [3.8, 4) is 0 Å². The summed E-state index contributed by atoms with van der Waals surface area (Å²) in [6, 6.07) is 0. The molecule has 0 bridgehead atoms. The molecule has 0 radical (unpaired) electrons. The molecular formula is C11H17N3O3. The first kappa shape index (κ1) is 13.4. The van der Waals surface area contributed by atoms with E-state index >= 15 is 0 Å². The summed E-state index contributed by atoms with van der Waals surface area (Å²) in [5, 5.41) is 11.7. The highest BCUT2D eigenvalue weighted by Gasteiger charge is 2.12. The van der Waals surface area contributed by atoms with E-state index in [1.165, 1.54) is 12.4 Å². The van der Waals surface area contributed by atoms with Crippen LogP contribution in [-0.2, 0) is 4.74 Å². The summed E-state index contributed by atoms with van der Waals surface area (Å²) in [7, 11) is 1.66. The maximum atomic E-state index is 10.6. The summed E-state index contributed by atoms with van der Waals surface area (Å²) in [5.41, 5.74) is -0.0669. The van der Waals surface area contributed by atoms with Crippen molar-refractivity contribution in [2.75, 3.05) is 19.0 Å². The molecule has 0 saturated carbocycles. The van der Waals surface area contributed by atoms with Gasteiger partial charge in [0.25, 0.3) is 0 Å². The van der Waals surface area contributed by atoms with Crippen molar-refractivity contribution in [1.82, 2.24) is 9.97 Å². The maximum Gasteiger partial charge on any atom is 0.356 e. The number of nitrogens with zero attached hydrogens (tertiary/aromatic N) is 2. The van der Waals surface area contributed by atoms with Crippen LogP contribution in [0.4, 0.5) is 5.82 Å². The van der Waals surface area contributed by atoms with Crippen LogP contribution >= 0.6 is 0 Å². The Balaban J connectivity index is 2.55. The molecule has 6 heteroatoms. The molecule has 6 nitrogen and oxygen atoms in total. The fraction of sp³-hybridized carbons (Fsp3) is 0.545. The molecule has 0 spiro atoms. The third-order valence-corrected chi connectivity index (χ3v) is 2.40. The Hall–Kier alpha value is -1.69. The molecule has 94 valence electrons. The molecule has 0 amide bonds. The van der Waals surface area contributed by atoms with Gasteiger partial charge in [-0.3, -0.25) is 0 Å². The lowest BCUT2D eigenvalue weighted by atomic mass is 10.1. The van der Waals surface area contributed by atoms with Gasteiger partial charge in [-0.05, 0) is 5.92 Å². The van der Waals surface area contributed by atoms with Crippen LogP contribution in [0, 0.1) is 5.92 Å². The SMILES string of the molecule is COC(CNc1cnc(C(=O)O)cn1)C(C)C. The molecule has 0 aliphatic carbocycles. The third-order valence-electron chi connectivity index (χ3n) is 2.40. The fourth-order valence-corrected chi connectivity index (χ4v) is 1.33. The Kier molecular flexibility index (Phi) is 4.84. The van der Waals surface area contributed by atoms with Gasteiger partial charge in [0.1, 0.15) is 5.82 Å². The van der Waals surface area contributed by atoms with E-state index in [4.69, 9.17) is 9.84 Å². The third kappa shape index (κ3) is 3.99. The number of aromatic carboxylic acids is 1. The average Bonchev–Trinajstić information content (AvgIpc) is 2.30. The number of rotatable bonds is 6. The minimum absolute atomic E-state index is 0.0669. The number of hydrogen-bond donors (Lipinski definition) is 2. The second-order valence-corrected chi connectivity index (χ2v) is 3.99. The van der Waals surface area contributed by atoms with Crippen LogP contribution in [0.15, 0.2) is 12.4 Å². The van der Waals surface area contributed by atoms with Crippen LogP contribution in [-0.4, -0.2) is 40.8 Å². The van der Waals surface area contributed by atoms with Crippen molar-refractivity contribution in [3.63, 3.8) is 0 Å². The van der Waals surface area contributed by atoms with Gasteiger partial charge in [-0.15, -0.1) is 0 Å². The van der Waals surface area contributed by atoms with E-state index in [2.05, 4.69) is 29.1 Å². The maximum absolute atomic E-state index is 10.6. The number of nitrogens with one attached hydrogen (secondary N) is 1. The van der Waals surface area contributed by atoms with Crippen LogP contribution in [0.5, 0.6) is 0 Å². The molecule has 0 fully saturated rings.